The summed E-state index contributed by atoms with van der Waals surface area (Å²) in [5, 5.41) is 6.43. The van der Waals surface area contributed by atoms with Crippen molar-refractivity contribution in [3.8, 4) is 11.5 Å². The van der Waals surface area contributed by atoms with Crippen LogP contribution in [0.2, 0.25) is 0 Å². The summed E-state index contributed by atoms with van der Waals surface area (Å²) >= 11 is 0. The van der Waals surface area contributed by atoms with Crippen LogP contribution in [0.15, 0.2) is 24.5 Å². The lowest BCUT2D eigenvalue weighted by molar-refractivity contribution is -0.134. The molecule has 1 fully saturated rings. The predicted molar refractivity (Wildman–Crippen MR) is 114 cm³/mol. The predicted octanol–water partition coefficient (Wildman–Crippen LogP) is 1.21. The lowest BCUT2D eigenvalue weighted by atomic mass is 9.80. The summed E-state index contributed by atoms with van der Waals surface area (Å²) in [5.41, 5.74) is 2.51. The first-order valence-corrected chi connectivity index (χ1v) is 10.6. The normalized spacial score (nSPS) is 18.2. The van der Waals surface area contributed by atoms with Crippen LogP contribution in [0.5, 0.6) is 11.5 Å². The van der Waals surface area contributed by atoms with Crippen molar-refractivity contribution in [3.63, 3.8) is 0 Å². The summed E-state index contributed by atoms with van der Waals surface area (Å²) in [7, 11) is 3.05. The molecule has 1 aromatic carbocycles. The summed E-state index contributed by atoms with van der Waals surface area (Å²) in [6.07, 6.45) is 4.29. The maximum absolute atomic E-state index is 13.0. The quantitative estimate of drug-likeness (QED) is 0.662. The number of likely N-dealkylation sites (tertiary alicyclic amines) is 1. The monoisotopic (exact) mass is 427 g/mol. The molecule has 2 aliphatic rings. The van der Waals surface area contributed by atoms with E-state index in [1.165, 1.54) is 19.9 Å². The van der Waals surface area contributed by atoms with Crippen molar-refractivity contribution in [1.82, 2.24) is 25.5 Å². The van der Waals surface area contributed by atoms with Crippen molar-refractivity contribution in [2.24, 2.45) is 0 Å². The van der Waals surface area contributed by atoms with Crippen molar-refractivity contribution in [2.75, 3.05) is 33.9 Å². The summed E-state index contributed by atoms with van der Waals surface area (Å²) in [6, 6.07) is 4.29. The molecule has 2 aromatic rings. The number of hydrogen-bond acceptors (Lipinski definition) is 6. The van der Waals surface area contributed by atoms with Gasteiger partial charge in [-0.3, -0.25) is 9.59 Å². The first kappa shape index (κ1) is 21.2. The second kappa shape index (κ2) is 8.58. The van der Waals surface area contributed by atoms with Gasteiger partial charge in [0.15, 0.2) is 11.5 Å². The number of H-pyrrole nitrogens is 1. The van der Waals surface area contributed by atoms with E-state index in [1.54, 1.807) is 31.5 Å². The fourth-order valence-electron chi connectivity index (χ4n) is 4.55. The van der Waals surface area contributed by atoms with E-state index in [4.69, 9.17) is 9.47 Å². The Bertz CT molecular complexity index is 965. The van der Waals surface area contributed by atoms with Gasteiger partial charge in [-0.1, -0.05) is 0 Å². The molecule has 3 heterocycles. The first-order chi connectivity index (χ1) is 15.0. The summed E-state index contributed by atoms with van der Waals surface area (Å²) in [4.78, 5) is 35.2. The van der Waals surface area contributed by atoms with Gasteiger partial charge in [0, 0.05) is 37.3 Å². The Morgan fingerprint density at radius 1 is 1.19 bits per heavy atom. The number of carbonyl (C=O) groups excluding carboxylic acids is 2. The Labute approximate surface area is 181 Å². The molecule has 1 spiro atoms. The van der Waals surface area contributed by atoms with Crippen LogP contribution in [0, 0.1) is 0 Å². The largest absolute Gasteiger partial charge is 0.493 e. The highest BCUT2D eigenvalue weighted by molar-refractivity contribution is 5.98. The standard InChI is InChI=1S/C22H29N5O4/c1-14(26-20(28)15-4-5-17(30-2)18(12-15)31-3)21(29)27-10-7-22(8-11-27)19-16(6-9-25-22)23-13-24-19/h4-5,12-14,25H,6-11H2,1-3H3,(H,23,24)(H,26,28). The van der Waals surface area contributed by atoms with Gasteiger partial charge < -0.3 is 30.0 Å². The zero-order valence-electron chi connectivity index (χ0n) is 18.2. The van der Waals surface area contributed by atoms with Crippen molar-refractivity contribution in [3.05, 3.63) is 41.5 Å². The molecule has 3 N–H and O–H groups in total. The maximum Gasteiger partial charge on any atom is 0.252 e. The zero-order chi connectivity index (χ0) is 22.0. The number of fused-ring (bicyclic) bond motifs is 2. The van der Waals surface area contributed by atoms with Gasteiger partial charge in [0.2, 0.25) is 5.91 Å². The van der Waals surface area contributed by atoms with Crippen LogP contribution in [0.1, 0.15) is 41.5 Å². The van der Waals surface area contributed by atoms with E-state index in [9.17, 15) is 9.59 Å². The minimum absolute atomic E-state index is 0.0817. The SMILES string of the molecule is COc1ccc(C(=O)NC(C)C(=O)N2CCC3(CC2)NCCc2[nH]cnc23)cc1OC. The van der Waals surface area contributed by atoms with Crippen LogP contribution in [0.4, 0.5) is 0 Å². The van der Waals surface area contributed by atoms with E-state index in [-0.39, 0.29) is 17.4 Å². The van der Waals surface area contributed by atoms with Crippen LogP contribution in [0.25, 0.3) is 0 Å². The molecule has 1 unspecified atom stereocenters. The van der Waals surface area contributed by atoms with Crippen LogP contribution >= 0.6 is 0 Å². The van der Waals surface area contributed by atoms with Crippen LogP contribution in [-0.2, 0) is 16.8 Å². The third kappa shape index (κ3) is 3.97. The molecule has 9 nitrogen and oxygen atoms in total. The number of nitrogens with one attached hydrogen (secondary N) is 3. The summed E-state index contributed by atoms with van der Waals surface area (Å²) < 4.78 is 10.5. The van der Waals surface area contributed by atoms with E-state index < -0.39 is 6.04 Å². The number of amides is 2. The maximum atomic E-state index is 13.0. The van der Waals surface area contributed by atoms with Crippen LogP contribution in [0.3, 0.4) is 0 Å². The Hall–Kier alpha value is -3.07. The number of piperidine rings is 1. The van der Waals surface area contributed by atoms with E-state index >= 15 is 0 Å². The van der Waals surface area contributed by atoms with Crippen molar-refractivity contribution >= 4 is 11.8 Å². The summed E-state index contributed by atoms with van der Waals surface area (Å²) in [6.45, 7) is 3.86. The number of benzene rings is 1. The number of rotatable bonds is 5. The molecule has 0 radical (unpaired) electrons. The average molecular weight is 428 g/mol. The van der Waals surface area contributed by atoms with E-state index in [0.717, 1.165) is 31.5 Å². The molecule has 166 valence electrons. The smallest absolute Gasteiger partial charge is 0.252 e. The van der Waals surface area contributed by atoms with Crippen LogP contribution < -0.4 is 20.1 Å². The number of aromatic amines is 1. The number of aromatic nitrogens is 2. The fourth-order valence-corrected chi connectivity index (χ4v) is 4.55. The third-order valence-corrected chi connectivity index (χ3v) is 6.30. The topological polar surface area (TPSA) is 109 Å². The van der Waals surface area contributed by atoms with Crippen LogP contribution in [-0.4, -0.2) is 66.6 Å². The van der Waals surface area contributed by atoms with Gasteiger partial charge in [0.1, 0.15) is 6.04 Å². The van der Waals surface area contributed by atoms with Gasteiger partial charge in [-0.25, -0.2) is 4.98 Å². The molecule has 4 rings (SSSR count). The molecule has 0 bridgehead atoms. The number of hydrogen-bond donors (Lipinski definition) is 3. The van der Waals surface area contributed by atoms with Gasteiger partial charge in [-0.2, -0.15) is 0 Å². The molecule has 2 amide bonds. The molecular formula is C22H29N5O4. The minimum atomic E-state index is -0.630. The lowest BCUT2D eigenvalue weighted by Crippen LogP contribution is -2.57. The third-order valence-electron chi connectivity index (χ3n) is 6.30. The number of nitrogens with zero attached hydrogens (tertiary/aromatic N) is 2. The molecule has 31 heavy (non-hydrogen) atoms. The number of carbonyl (C=O) groups is 2. The van der Waals surface area contributed by atoms with E-state index in [2.05, 4.69) is 20.6 Å². The Kier molecular flexibility index (Phi) is 5.86. The number of imidazole rings is 1. The van der Waals surface area contributed by atoms with Crippen molar-refractivity contribution in [2.45, 2.75) is 37.8 Å². The second-order valence-corrected chi connectivity index (χ2v) is 8.08. The highest BCUT2D eigenvalue weighted by atomic mass is 16.5. The molecule has 0 aliphatic carbocycles. The van der Waals surface area contributed by atoms with Crippen molar-refractivity contribution in [1.29, 1.82) is 0 Å². The van der Waals surface area contributed by atoms with Gasteiger partial charge in [-0.15, -0.1) is 0 Å². The summed E-state index contributed by atoms with van der Waals surface area (Å²) in [5.74, 6) is 0.599. The van der Waals surface area contributed by atoms with E-state index in [0.29, 0.717) is 30.2 Å². The molecule has 1 aromatic heterocycles. The highest BCUT2D eigenvalue weighted by Gasteiger charge is 2.42. The Morgan fingerprint density at radius 3 is 2.65 bits per heavy atom. The van der Waals surface area contributed by atoms with E-state index in [1.807, 2.05) is 4.90 Å². The van der Waals surface area contributed by atoms with Crippen molar-refractivity contribution < 1.29 is 19.1 Å². The van der Waals surface area contributed by atoms with Gasteiger partial charge in [0.05, 0.1) is 31.8 Å². The lowest BCUT2D eigenvalue weighted by Gasteiger charge is -2.44. The second-order valence-electron chi connectivity index (χ2n) is 8.08. The number of methoxy groups -OCH3 is 2. The number of ether oxygens (including phenoxy) is 2. The zero-order valence-corrected chi connectivity index (χ0v) is 18.2. The molecular weight excluding hydrogens is 398 g/mol. The molecule has 1 saturated heterocycles. The minimum Gasteiger partial charge on any atom is -0.493 e. The Balaban J connectivity index is 1.37. The van der Waals surface area contributed by atoms with Gasteiger partial charge >= 0.3 is 0 Å². The Morgan fingerprint density at radius 2 is 1.94 bits per heavy atom. The molecule has 9 heteroatoms. The van der Waals surface area contributed by atoms with Gasteiger partial charge in [-0.05, 0) is 38.0 Å². The average Bonchev–Trinajstić information content (AvgIpc) is 3.29. The molecule has 0 saturated carbocycles. The molecule has 1 atom stereocenters. The molecule has 2 aliphatic heterocycles. The fraction of sp³-hybridized carbons (Fsp3) is 0.500. The first-order valence-electron chi connectivity index (χ1n) is 10.6. The van der Waals surface area contributed by atoms with Gasteiger partial charge in [0.25, 0.3) is 5.91 Å². The highest BCUT2D eigenvalue weighted by Crippen LogP contribution is 2.36.